The lowest BCUT2D eigenvalue weighted by atomic mass is 9.97. The molecule has 0 radical (unpaired) electrons. The van der Waals surface area contributed by atoms with E-state index < -0.39 is 0 Å². The van der Waals surface area contributed by atoms with E-state index in [1.165, 1.54) is 0 Å². The van der Waals surface area contributed by atoms with Crippen LogP contribution in [0.3, 0.4) is 0 Å². The van der Waals surface area contributed by atoms with Crippen LogP contribution < -0.4 is 15.5 Å². The van der Waals surface area contributed by atoms with Crippen LogP contribution in [0.25, 0.3) is 0 Å². The molecule has 0 aromatic carbocycles. The van der Waals surface area contributed by atoms with Crippen LogP contribution in [-0.4, -0.2) is 85.0 Å². The average Bonchev–Trinajstić information content (AvgIpc) is 2.70. The molecule has 9 nitrogen and oxygen atoms in total. The summed E-state index contributed by atoms with van der Waals surface area (Å²) >= 11 is 0. The molecule has 1 aromatic rings. The Morgan fingerprint density at radius 3 is 2.30 bits per heavy atom. The molecule has 2 saturated heterocycles. The topological polar surface area (TPSA) is 108 Å². The van der Waals surface area contributed by atoms with E-state index in [4.69, 9.17) is 15.6 Å². The summed E-state index contributed by atoms with van der Waals surface area (Å²) in [6, 6.07) is 0. The number of anilines is 3. The number of piperidine rings is 1. The summed E-state index contributed by atoms with van der Waals surface area (Å²) in [4.78, 5) is 27.3. The first-order chi connectivity index (χ1) is 13.1. The number of carbonyl (C=O) groups excluding carboxylic acids is 1. The van der Waals surface area contributed by atoms with Gasteiger partial charge < -0.3 is 25.4 Å². The van der Waals surface area contributed by atoms with Crippen molar-refractivity contribution >= 4 is 23.3 Å². The standard InChI is InChI=1S/C18H30N6O3/c1-2-27-18(26)14-3-5-23(6-4-14)16-15(19)17(21-13-20-16)24-9-7-22(8-10-24)11-12-25/h13-14,25H,2-12,19H2,1H3. The highest BCUT2D eigenvalue weighted by atomic mass is 16.5. The minimum Gasteiger partial charge on any atom is -0.466 e. The van der Waals surface area contributed by atoms with Gasteiger partial charge in [0.05, 0.1) is 19.1 Å². The smallest absolute Gasteiger partial charge is 0.309 e. The van der Waals surface area contributed by atoms with Crippen molar-refractivity contribution in [1.82, 2.24) is 14.9 Å². The van der Waals surface area contributed by atoms with E-state index in [9.17, 15) is 4.79 Å². The Balaban J connectivity index is 1.63. The Labute approximate surface area is 160 Å². The third-order valence-corrected chi connectivity index (χ3v) is 5.34. The highest BCUT2D eigenvalue weighted by molar-refractivity contribution is 5.77. The molecule has 0 amide bonds. The van der Waals surface area contributed by atoms with Crippen LogP contribution in [0.5, 0.6) is 0 Å². The van der Waals surface area contributed by atoms with Gasteiger partial charge in [-0.2, -0.15) is 0 Å². The second kappa shape index (κ2) is 9.18. The molecule has 27 heavy (non-hydrogen) atoms. The first-order valence-corrected chi connectivity index (χ1v) is 9.74. The summed E-state index contributed by atoms with van der Waals surface area (Å²) in [6.07, 6.45) is 3.06. The Morgan fingerprint density at radius 2 is 1.74 bits per heavy atom. The highest BCUT2D eigenvalue weighted by Crippen LogP contribution is 2.32. The maximum Gasteiger partial charge on any atom is 0.309 e. The summed E-state index contributed by atoms with van der Waals surface area (Å²) in [7, 11) is 0. The summed E-state index contributed by atoms with van der Waals surface area (Å²) in [5.41, 5.74) is 7.03. The molecule has 150 valence electrons. The summed E-state index contributed by atoms with van der Waals surface area (Å²) < 4.78 is 5.14. The largest absolute Gasteiger partial charge is 0.466 e. The van der Waals surface area contributed by atoms with Gasteiger partial charge in [-0.25, -0.2) is 9.97 Å². The van der Waals surface area contributed by atoms with Crippen molar-refractivity contribution in [3.8, 4) is 0 Å². The molecule has 0 bridgehead atoms. The zero-order chi connectivity index (χ0) is 19.2. The lowest BCUT2D eigenvalue weighted by molar-refractivity contribution is -0.148. The van der Waals surface area contributed by atoms with Crippen LogP contribution in [0.2, 0.25) is 0 Å². The van der Waals surface area contributed by atoms with Crippen molar-refractivity contribution in [2.45, 2.75) is 19.8 Å². The quantitative estimate of drug-likeness (QED) is 0.659. The number of β-amino-alcohol motifs (C(OH)–C–C–N with tert-alkyl or cyclic N) is 1. The first kappa shape index (κ1) is 19.6. The number of nitrogen functional groups attached to an aromatic ring is 1. The maximum atomic E-state index is 11.9. The van der Waals surface area contributed by atoms with Crippen LogP contribution >= 0.6 is 0 Å². The number of nitrogens with two attached hydrogens (primary N) is 1. The number of hydrogen-bond acceptors (Lipinski definition) is 9. The van der Waals surface area contributed by atoms with Gasteiger partial charge in [-0.3, -0.25) is 9.69 Å². The van der Waals surface area contributed by atoms with Gasteiger partial charge in [-0.15, -0.1) is 0 Å². The molecule has 1 aromatic heterocycles. The Hall–Kier alpha value is -2.13. The molecule has 3 rings (SSSR count). The second-order valence-electron chi connectivity index (χ2n) is 7.00. The van der Waals surface area contributed by atoms with E-state index >= 15 is 0 Å². The molecule has 9 heteroatoms. The Morgan fingerprint density at radius 1 is 1.15 bits per heavy atom. The molecule has 2 aliphatic heterocycles. The van der Waals surface area contributed by atoms with E-state index in [0.717, 1.165) is 63.7 Å². The minimum atomic E-state index is -0.103. The molecule has 3 N–H and O–H groups in total. The number of aliphatic hydroxyl groups is 1. The van der Waals surface area contributed by atoms with Crippen LogP contribution in [0, 0.1) is 5.92 Å². The Bertz CT molecular complexity index is 628. The fourth-order valence-corrected chi connectivity index (χ4v) is 3.79. The average molecular weight is 378 g/mol. The van der Waals surface area contributed by atoms with Gasteiger partial charge >= 0.3 is 5.97 Å². The van der Waals surface area contributed by atoms with Gasteiger partial charge in [0.2, 0.25) is 0 Å². The molecule has 3 heterocycles. The fraction of sp³-hybridized carbons (Fsp3) is 0.722. The predicted octanol–water partition coefficient (Wildman–Crippen LogP) is -0.0474. The van der Waals surface area contributed by atoms with Gasteiger partial charge in [0.15, 0.2) is 11.6 Å². The number of aliphatic hydroxyl groups excluding tert-OH is 1. The fourth-order valence-electron chi connectivity index (χ4n) is 3.79. The molecular weight excluding hydrogens is 348 g/mol. The zero-order valence-electron chi connectivity index (χ0n) is 16.0. The van der Waals surface area contributed by atoms with Gasteiger partial charge in [-0.05, 0) is 19.8 Å². The number of esters is 1. The van der Waals surface area contributed by atoms with Gasteiger partial charge in [-0.1, -0.05) is 0 Å². The van der Waals surface area contributed by atoms with Crippen molar-refractivity contribution in [1.29, 1.82) is 0 Å². The highest BCUT2D eigenvalue weighted by Gasteiger charge is 2.29. The molecule has 0 spiro atoms. The monoisotopic (exact) mass is 378 g/mol. The molecular formula is C18H30N6O3. The number of ether oxygens (including phenoxy) is 1. The molecule has 2 aliphatic rings. The molecule has 0 aliphatic carbocycles. The maximum absolute atomic E-state index is 11.9. The lowest BCUT2D eigenvalue weighted by Gasteiger charge is -2.37. The third kappa shape index (κ3) is 4.59. The van der Waals surface area contributed by atoms with Crippen molar-refractivity contribution < 1.29 is 14.6 Å². The lowest BCUT2D eigenvalue weighted by Crippen LogP contribution is -2.47. The van der Waals surface area contributed by atoms with Crippen molar-refractivity contribution in [2.75, 3.05) is 74.6 Å². The third-order valence-electron chi connectivity index (χ3n) is 5.34. The zero-order valence-corrected chi connectivity index (χ0v) is 16.0. The van der Waals surface area contributed by atoms with Gasteiger partial charge in [0.1, 0.15) is 12.0 Å². The summed E-state index contributed by atoms with van der Waals surface area (Å²) in [5.74, 6) is 1.38. The van der Waals surface area contributed by atoms with Crippen LogP contribution in [-0.2, 0) is 9.53 Å². The summed E-state index contributed by atoms with van der Waals surface area (Å²) in [6.45, 7) is 8.01. The van der Waals surface area contributed by atoms with Gasteiger partial charge in [0.25, 0.3) is 0 Å². The van der Waals surface area contributed by atoms with Crippen molar-refractivity contribution in [3.63, 3.8) is 0 Å². The SMILES string of the molecule is CCOC(=O)C1CCN(c2ncnc(N3CCN(CCO)CC3)c2N)CC1. The van der Waals surface area contributed by atoms with Crippen LogP contribution in [0.4, 0.5) is 17.3 Å². The number of hydrogen-bond donors (Lipinski definition) is 2. The molecule has 0 atom stereocenters. The van der Waals surface area contributed by atoms with Gasteiger partial charge in [0, 0.05) is 45.8 Å². The molecule has 0 unspecified atom stereocenters. The van der Waals surface area contributed by atoms with Crippen LogP contribution in [0.15, 0.2) is 6.33 Å². The van der Waals surface area contributed by atoms with Crippen LogP contribution in [0.1, 0.15) is 19.8 Å². The Kier molecular flexibility index (Phi) is 6.68. The van der Waals surface area contributed by atoms with E-state index in [0.29, 0.717) is 18.8 Å². The van der Waals surface area contributed by atoms with E-state index in [1.54, 1.807) is 6.33 Å². The van der Waals surface area contributed by atoms with E-state index in [-0.39, 0.29) is 18.5 Å². The molecule has 2 fully saturated rings. The number of piperazine rings is 1. The summed E-state index contributed by atoms with van der Waals surface area (Å²) in [5, 5.41) is 9.08. The minimum absolute atomic E-state index is 0.0386. The number of nitrogens with zero attached hydrogens (tertiary/aromatic N) is 5. The molecule has 0 saturated carbocycles. The predicted molar refractivity (Wildman–Crippen MR) is 104 cm³/mol. The number of rotatable bonds is 6. The normalized spacial score (nSPS) is 19.3. The van der Waals surface area contributed by atoms with Crippen molar-refractivity contribution in [2.24, 2.45) is 5.92 Å². The van der Waals surface area contributed by atoms with E-state index in [2.05, 4.69) is 24.7 Å². The first-order valence-electron chi connectivity index (χ1n) is 9.74. The second-order valence-corrected chi connectivity index (χ2v) is 7.00. The number of carbonyl (C=O) groups is 1. The van der Waals surface area contributed by atoms with E-state index in [1.807, 2.05) is 6.92 Å². The number of aromatic nitrogens is 2. The van der Waals surface area contributed by atoms with Crippen molar-refractivity contribution in [3.05, 3.63) is 6.33 Å².